The van der Waals surface area contributed by atoms with E-state index in [4.69, 9.17) is 0 Å². The highest BCUT2D eigenvalue weighted by molar-refractivity contribution is 7.98. The van der Waals surface area contributed by atoms with Crippen LogP contribution in [0.25, 0.3) is 16.6 Å². The fraction of sp³-hybridized carbons (Fsp3) is 0.190. The lowest BCUT2D eigenvalue weighted by Crippen LogP contribution is -2.08. The minimum atomic E-state index is -0.576. The molecule has 0 fully saturated rings. The van der Waals surface area contributed by atoms with Gasteiger partial charge in [-0.2, -0.15) is 0 Å². The number of aromatic nitrogens is 2. The zero-order chi connectivity index (χ0) is 20.4. The highest BCUT2D eigenvalue weighted by atomic mass is 32.2. The predicted molar refractivity (Wildman–Crippen MR) is 117 cm³/mol. The number of H-pyrrole nitrogens is 1. The van der Waals surface area contributed by atoms with Gasteiger partial charge in [-0.15, -0.1) is 0 Å². The third-order valence-corrected chi connectivity index (χ3v) is 5.22. The zero-order valence-electron chi connectivity index (χ0n) is 16.1. The summed E-state index contributed by atoms with van der Waals surface area (Å²) in [5.74, 6) is -0.968. The molecule has 8 heteroatoms. The van der Waals surface area contributed by atoms with Crippen molar-refractivity contribution in [3.8, 4) is 0 Å². The Kier molecular flexibility index (Phi) is 5.46. The number of aliphatic imine (C=N–C) groups is 1. The number of halogens is 1. The van der Waals surface area contributed by atoms with Gasteiger partial charge in [0.05, 0.1) is 11.3 Å². The second-order valence-electron chi connectivity index (χ2n) is 6.81. The van der Waals surface area contributed by atoms with Gasteiger partial charge in [-0.25, -0.2) is 13.7 Å². The third kappa shape index (κ3) is 3.94. The number of hydrogen-bond acceptors (Lipinski definition) is 6. The van der Waals surface area contributed by atoms with Crippen molar-refractivity contribution in [3.05, 3.63) is 65.2 Å². The van der Waals surface area contributed by atoms with Gasteiger partial charge >= 0.3 is 0 Å². The number of carbonyl (C=O) groups excluding carboxylic acids is 1. The third-order valence-electron chi connectivity index (χ3n) is 4.54. The van der Waals surface area contributed by atoms with Crippen molar-refractivity contribution >= 4 is 46.4 Å². The Balaban J connectivity index is 1.71. The number of anilines is 1. The van der Waals surface area contributed by atoms with Crippen molar-refractivity contribution in [1.82, 2.24) is 14.3 Å². The van der Waals surface area contributed by atoms with Gasteiger partial charge in [0.1, 0.15) is 5.65 Å². The molecule has 0 saturated heterocycles. The Morgan fingerprint density at radius 2 is 2.17 bits per heavy atom. The van der Waals surface area contributed by atoms with E-state index in [-0.39, 0.29) is 11.3 Å². The van der Waals surface area contributed by atoms with E-state index in [0.29, 0.717) is 16.6 Å². The highest BCUT2D eigenvalue weighted by Crippen LogP contribution is 2.27. The number of carbonyl (C=O) groups is 1. The molecule has 2 N–H and O–H groups in total. The Hall–Kier alpha value is -2.97. The number of fused-ring (bicyclic) bond motifs is 1. The van der Waals surface area contributed by atoms with Gasteiger partial charge in [0.25, 0.3) is 0 Å². The fourth-order valence-corrected chi connectivity index (χ4v) is 3.56. The molecular weight excluding hydrogens is 389 g/mol. The number of allylic oxidation sites excluding steroid dienone is 1. The molecule has 0 atom stereocenters. The normalized spacial score (nSPS) is 13.7. The van der Waals surface area contributed by atoms with Crippen molar-refractivity contribution in [1.29, 1.82) is 0 Å². The average molecular weight is 409 g/mol. The Morgan fingerprint density at radius 3 is 2.93 bits per heavy atom. The van der Waals surface area contributed by atoms with E-state index in [1.165, 1.54) is 18.2 Å². The number of dihydropyridines is 1. The van der Waals surface area contributed by atoms with Crippen LogP contribution < -0.4 is 4.72 Å². The van der Waals surface area contributed by atoms with E-state index in [0.717, 1.165) is 24.1 Å². The van der Waals surface area contributed by atoms with E-state index >= 15 is 0 Å². The second kappa shape index (κ2) is 8.18. The summed E-state index contributed by atoms with van der Waals surface area (Å²) in [5, 5.41) is 0.660. The van der Waals surface area contributed by atoms with Crippen LogP contribution in [0.3, 0.4) is 0 Å². The molecule has 3 heterocycles. The number of aromatic amines is 1. The lowest BCUT2D eigenvalue weighted by molar-refractivity contribution is 0.103. The molecule has 0 radical (unpaired) electrons. The SMILES string of the molecule is CN(C)SNc1cccc(C(=O)c2c[nH]c3ncc(C4=CCCN=C4)cc23)c1F. The van der Waals surface area contributed by atoms with Gasteiger partial charge in [-0.1, -0.05) is 12.1 Å². The van der Waals surface area contributed by atoms with Crippen LogP contribution in [0.2, 0.25) is 0 Å². The summed E-state index contributed by atoms with van der Waals surface area (Å²) in [4.78, 5) is 24.9. The van der Waals surface area contributed by atoms with Crippen molar-refractivity contribution in [2.24, 2.45) is 4.99 Å². The highest BCUT2D eigenvalue weighted by Gasteiger charge is 2.21. The molecule has 0 bridgehead atoms. The first-order valence-corrected chi connectivity index (χ1v) is 9.93. The number of rotatable bonds is 6. The van der Waals surface area contributed by atoms with E-state index < -0.39 is 11.6 Å². The Morgan fingerprint density at radius 1 is 1.31 bits per heavy atom. The van der Waals surface area contributed by atoms with Crippen LogP contribution in [-0.2, 0) is 0 Å². The number of pyridine rings is 1. The predicted octanol–water partition coefficient (Wildman–Crippen LogP) is 4.33. The van der Waals surface area contributed by atoms with Crippen molar-refractivity contribution < 1.29 is 9.18 Å². The van der Waals surface area contributed by atoms with Gasteiger partial charge in [-0.05, 0) is 44.3 Å². The summed E-state index contributed by atoms with van der Waals surface area (Å²) in [5.41, 5.74) is 3.11. The van der Waals surface area contributed by atoms with E-state index in [1.54, 1.807) is 28.8 Å². The molecule has 4 rings (SSSR count). The van der Waals surface area contributed by atoms with Crippen molar-refractivity contribution in [2.75, 3.05) is 25.4 Å². The summed E-state index contributed by atoms with van der Waals surface area (Å²) >= 11 is 1.23. The minimum Gasteiger partial charge on any atom is -0.345 e. The summed E-state index contributed by atoms with van der Waals surface area (Å²) in [7, 11) is 3.68. The maximum atomic E-state index is 15.0. The molecule has 1 aromatic carbocycles. The molecule has 0 saturated carbocycles. The van der Waals surface area contributed by atoms with E-state index in [2.05, 4.69) is 25.8 Å². The van der Waals surface area contributed by atoms with Crippen molar-refractivity contribution in [3.63, 3.8) is 0 Å². The minimum absolute atomic E-state index is 0.0131. The maximum Gasteiger partial charge on any atom is 0.198 e. The largest absolute Gasteiger partial charge is 0.345 e. The van der Waals surface area contributed by atoms with Crippen LogP contribution in [-0.4, -0.2) is 46.9 Å². The molecule has 6 nitrogen and oxygen atoms in total. The first-order valence-electron chi connectivity index (χ1n) is 9.15. The lowest BCUT2D eigenvalue weighted by Gasteiger charge is -2.12. The van der Waals surface area contributed by atoms with Gasteiger partial charge in [0, 0.05) is 53.8 Å². The molecule has 29 heavy (non-hydrogen) atoms. The summed E-state index contributed by atoms with van der Waals surface area (Å²) in [6, 6.07) is 6.66. The summed E-state index contributed by atoms with van der Waals surface area (Å²) in [6.45, 7) is 0.781. The molecule has 0 amide bonds. The molecule has 3 aromatic rings. The molecule has 1 aliphatic heterocycles. The standard InChI is InChI=1S/C21H20FN5OS/c1-27(2)29-26-18-7-3-6-15(19(18)22)20(28)17-12-25-21-16(17)9-14(11-24-21)13-5-4-8-23-10-13/h3,5-7,9-12,26H,4,8H2,1-2H3,(H,24,25). The van der Waals surface area contributed by atoms with Gasteiger partial charge in [0.2, 0.25) is 0 Å². The molecule has 0 aliphatic carbocycles. The molecule has 1 aliphatic rings. The van der Waals surface area contributed by atoms with E-state index in [9.17, 15) is 9.18 Å². The zero-order valence-corrected chi connectivity index (χ0v) is 16.9. The van der Waals surface area contributed by atoms with Crippen LogP contribution in [0, 0.1) is 5.82 Å². The Bertz CT molecular complexity index is 1140. The van der Waals surface area contributed by atoms with Crippen LogP contribution in [0.15, 0.2) is 47.7 Å². The second-order valence-corrected chi connectivity index (χ2v) is 7.92. The average Bonchev–Trinajstić information content (AvgIpc) is 3.16. The first kappa shape index (κ1) is 19.4. The number of nitrogens with zero attached hydrogens (tertiary/aromatic N) is 3. The van der Waals surface area contributed by atoms with Gasteiger partial charge in [-0.3, -0.25) is 9.79 Å². The Labute approximate surface area is 172 Å². The summed E-state index contributed by atoms with van der Waals surface area (Å²) < 4.78 is 19.7. The van der Waals surface area contributed by atoms with Crippen LogP contribution in [0.5, 0.6) is 0 Å². The quantitative estimate of drug-likeness (QED) is 0.468. The molecular formula is C21H20FN5OS. The topological polar surface area (TPSA) is 73.4 Å². The number of ketones is 1. The van der Waals surface area contributed by atoms with Gasteiger partial charge < -0.3 is 9.71 Å². The maximum absolute atomic E-state index is 15.0. The molecule has 148 valence electrons. The summed E-state index contributed by atoms with van der Waals surface area (Å²) in [6.07, 6.45) is 8.12. The lowest BCUT2D eigenvalue weighted by atomic mass is 10.00. The fourth-order valence-electron chi connectivity index (χ4n) is 3.12. The monoisotopic (exact) mass is 409 g/mol. The first-order chi connectivity index (χ1) is 14.0. The molecule has 0 spiro atoms. The van der Waals surface area contributed by atoms with Crippen LogP contribution in [0.4, 0.5) is 10.1 Å². The van der Waals surface area contributed by atoms with E-state index in [1.807, 2.05) is 26.4 Å². The van der Waals surface area contributed by atoms with Gasteiger partial charge in [0.15, 0.2) is 11.6 Å². The number of hydrogen-bond donors (Lipinski definition) is 2. The number of benzene rings is 1. The van der Waals surface area contributed by atoms with Crippen molar-refractivity contribution in [2.45, 2.75) is 6.42 Å². The molecule has 0 unspecified atom stereocenters. The van der Waals surface area contributed by atoms with Crippen LogP contribution in [0.1, 0.15) is 27.9 Å². The van der Waals surface area contributed by atoms with Crippen LogP contribution >= 0.6 is 12.1 Å². The molecule has 2 aromatic heterocycles. The number of nitrogens with one attached hydrogen (secondary N) is 2. The smallest absolute Gasteiger partial charge is 0.198 e.